The predicted octanol–water partition coefficient (Wildman–Crippen LogP) is 0.958. The van der Waals surface area contributed by atoms with Crippen molar-refractivity contribution in [2.24, 2.45) is 0 Å². The van der Waals surface area contributed by atoms with Crippen LogP contribution in [0.2, 0.25) is 0 Å². The minimum atomic E-state index is -0.340. The molecule has 7 heteroatoms. The van der Waals surface area contributed by atoms with Crippen molar-refractivity contribution in [2.75, 3.05) is 19.7 Å². The van der Waals surface area contributed by atoms with Gasteiger partial charge in [-0.2, -0.15) is 5.26 Å². The van der Waals surface area contributed by atoms with E-state index in [1.165, 1.54) is 12.4 Å². The van der Waals surface area contributed by atoms with E-state index < -0.39 is 0 Å². The number of nitriles is 1. The summed E-state index contributed by atoms with van der Waals surface area (Å²) in [6, 6.07) is 1.92. The van der Waals surface area contributed by atoms with E-state index in [1.807, 2.05) is 6.07 Å². The van der Waals surface area contributed by atoms with E-state index in [1.54, 1.807) is 11.8 Å². The van der Waals surface area contributed by atoms with Crippen molar-refractivity contribution in [1.29, 1.82) is 5.26 Å². The molecule has 0 spiro atoms. The van der Waals surface area contributed by atoms with Crippen LogP contribution in [0.25, 0.3) is 0 Å². The highest BCUT2D eigenvalue weighted by atomic mass is 16.6. The largest absolute Gasteiger partial charge is 0.470 e. The summed E-state index contributed by atoms with van der Waals surface area (Å²) in [5.41, 5.74) is 0.150. The van der Waals surface area contributed by atoms with Crippen molar-refractivity contribution in [3.63, 3.8) is 0 Å². The Morgan fingerprint density at radius 3 is 3.11 bits per heavy atom. The highest BCUT2D eigenvalue weighted by molar-refractivity contribution is 5.68. The lowest BCUT2D eigenvalue weighted by molar-refractivity contribution is 0.109. The van der Waals surface area contributed by atoms with E-state index in [2.05, 4.69) is 9.97 Å². The van der Waals surface area contributed by atoms with Gasteiger partial charge >= 0.3 is 6.09 Å². The van der Waals surface area contributed by atoms with Crippen LogP contribution in [0.5, 0.6) is 5.88 Å². The predicted molar refractivity (Wildman–Crippen MR) is 64.4 cm³/mol. The lowest BCUT2D eigenvalue weighted by atomic mass is 10.3. The zero-order valence-electron chi connectivity index (χ0n) is 10.6. The third-order valence-electron chi connectivity index (χ3n) is 2.72. The van der Waals surface area contributed by atoms with Crippen molar-refractivity contribution in [3.8, 4) is 11.9 Å². The van der Waals surface area contributed by atoms with E-state index in [9.17, 15) is 4.79 Å². The first-order chi connectivity index (χ1) is 9.24. The topological polar surface area (TPSA) is 88.3 Å². The van der Waals surface area contributed by atoms with Crippen LogP contribution in [0.1, 0.15) is 19.0 Å². The number of aromatic nitrogens is 2. The first kappa shape index (κ1) is 13.1. The van der Waals surface area contributed by atoms with Gasteiger partial charge in [-0.25, -0.2) is 14.8 Å². The molecular weight excluding hydrogens is 248 g/mol. The lowest BCUT2D eigenvalue weighted by Gasteiger charge is -2.16. The van der Waals surface area contributed by atoms with Crippen molar-refractivity contribution >= 4 is 6.09 Å². The van der Waals surface area contributed by atoms with E-state index in [-0.39, 0.29) is 23.8 Å². The molecule has 7 nitrogen and oxygen atoms in total. The molecule has 0 N–H and O–H groups in total. The summed E-state index contributed by atoms with van der Waals surface area (Å²) >= 11 is 0. The van der Waals surface area contributed by atoms with Gasteiger partial charge in [0.25, 0.3) is 5.88 Å². The molecule has 1 aromatic heterocycles. The zero-order chi connectivity index (χ0) is 13.7. The molecule has 0 saturated carbocycles. The fourth-order valence-electron chi connectivity index (χ4n) is 1.85. The molecule has 1 unspecified atom stereocenters. The Morgan fingerprint density at radius 2 is 2.37 bits per heavy atom. The van der Waals surface area contributed by atoms with E-state index in [4.69, 9.17) is 14.7 Å². The van der Waals surface area contributed by atoms with Gasteiger partial charge in [0.05, 0.1) is 13.2 Å². The summed E-state index contributed by atoms with van der Waals surface area (Å²) in [6.07, 6.45) is 3.06. The van der Waals surface area contributed by atoms with Crippen molar-refractivity contribution in [2.45, 2.75) is 19.4 Å². The van der Waals surface area contributed by atoms with Crippen LogP contribution in [0, 0.1) is 11.3 Å². The molecule has 0 aliphatic carbocycles. The molecule has 19 heavy (non-hydrogen) atoms. The highest BCUT2D eigenvalue weighted by Gasteiger charge is 2.29. The standard InChI is InChI=1S/C12H14N4O3/c1-2-18-12(17)16-6-3-9(8-16)19-11-10(7-13)14-4-5-15-11/h4-5,9H,2-3,6,8H2,1H3. The zero-order valence-corrected chi connectivity index (χ0v) is 10.6. The Hall–Kier alpha value is -2.36. The van der Waals surface area contributed by atoms with Gasteiger partial charge in [-0.15, -0.1) is 0 Å². The second-order valence-corrected chi connectivity index (χ2v) is 4.00. The summed E-state index contributed by atoms with van der Waals surface area (Å²) in [5.74, 6) is 0.209. The van der Waals surface area contributed by atoms with Gasteiger partial charge in [-0.05, 0) is 6.92 Å². The van der Waals surface area contributed by atoms with Crippen LogP contribution in [0.4, 0.5) is 4.79 Å². The van der Waals surface area contributed by atoms with Crippen LogP contribution in [-0.4, -0.2) is 46.8 Å². The molecule has 0 radical (unpaired) electrons. The van der Waals surface area contributed by atoms with Crippen molar-refractivity contribution in [3.05, 3.63) is 18.1 Å². The van der Waals surface area contributed by atoms with Crippen molar-refractivity contribution < 1.29 is 14.3 Å². The first-order valence-corrected chi connectivity index (χ1v) is 6.04. The molecule has 1 fully saturated rings. The van der Waals surface area contributed by atoms with Crippen LogP contribution >= 0.6 is 0 Å². The maximum absolute atomic E-state index is 11.5. The fraction of sp³-hybridized carbons (Fsp3) is 0.500. The van der Waals surface area contributed by atoms with Gasteiger partial charge in [0.15, 0.2) is 0 Å². The minimum Gasteiger partial charge on any atom is -0.470 e. The van der Waals surface area contributed by atoms with Gasteiger partial charge in [0.2, 0.25) is 5.69 Å². The quantitative estimate of drug-likeness (QED) is 0.806. The van der Waals surface area contributed by atoms with Gasteiger partial charge < -0.3 is 14.4 Å². The molecule has 1 aliphatic rings. The molecule has 1 aromatic rings. The number of ether oxygens (including phenoxy) is 2. The second-order valence-electron chi connectivity index (χ2n) is 4.00. The number of nitrogens with zero attached hydrogens (tertiary/aromatic N) is 4. The smallest absolute Gasteiger partial charge is 0.409 e. The number of likely N-dealkylation sites (tertiary alicyclic amines) is 1. The van der Waals surface area contributed by atoms with Crippen LogP contribution in [0.3, 0.4) is 0 Å². The van der Waals surface area contributed by atoms with Crippen LogP contribution in [-0.2, 0) is 4.74 Å². The summed E-state index contributed by atoms with van der Waals surface area (Å²) in [4.78, 5) is 21.0. The number of amides is 1. The third kappa shape index (κ3) is 3.10. The summed E-state index contributed by atoms with van der Waals surface area (Å²) in [6.45, 7) is 3.12. The number of rotatable bonds is 3. The average molecular weight is 262 g/mol. The molecule has 1 aliphatic heterocycles. The van der Waals surface area contributed by atoms with E-state index >= 15 is 0 Å². The molecular formula is C12H14N4O3. The molecule has 0 aromatic carbocycles. The van der Waals surface area contributed by atoms with Crippen LogP contribution < -0.4 is 4.74 Å². The van der Waals surface area contributed by atoms with E-state index in [0.29, 0.717) is 26.1 Å². The Morgan fingerprint density at radius 1 is 1.58 bits per heavy atom. The first-order valence-electron chi connectivity index (χ1n) is 6.04. The fourth-order valence-corrected chi connectivity index (χ4v) is 1.85. The monoisotopic (exact) mass is 262 g/mol. The molecule has 1 atom stereocenters. The molecule has 1 saturated heterocycles. The maximum atomic E-state index is 11.5. The summed E-state index contributed by atoms with van der Waals surface area (Å²) in [5, 5.41) is 8.89. The Bertz CT molecular complexity index is 500. The molecule has 0 bridgehead atoms. The van der Waals surface area contributed by atoms with Gasteiger partial charge in [0.1, 0.15) is 12.2 Å². The van der Waals surface area contributed by atoms with Gasteiger partial charge in [-0.3, -0.25) is 0 Å². The normalized spacial score (nSPS) is 17.9. The molecule has 2 rings (SSSR count). The number of hydrogen-bond acceptors (Lipinski definition) is 6. The van der Waals surface area contributed by atoms with E-state index in [0.717, 1.165) is 0 Å². The average Bonchev–Trinajstić information content (AvgIpc) is 2.88. The van der Waals surface area contributed by atoms with Gasteiger partial charge in [-0.1, -0.05) is 0 Å². The molecule has 2 heterocycles. The molecule has 100 valence electrons. The maximum Gasteiger partial charge on any atom is 0.409 e. The van der Waals surface area contributed by atoms with Crippen molar-refractivity contribution in [1.82, 2.24) is 14.9 Å². The Kier molecular flexibility index (Phi) is 4.13. The second kappa shape index (κ2) is 6.00. The van der Waals surface area contributed by atoms with Gasteiger partial charge in [0, 0.05) is 25.4 Å². The lowest BCUT2D eigenvalue weighted by Crippen LogP contribution is -2.31. The third-order valence-corrected chi connectivity index (χ3v) is 2.72. The summed E-state index contributed by atoms with van der Waals surface area (Å²) < 4.78 is 10.5. The summed E-state index contributed by atoms with van der Waals surface area (Å²) in [7, 11) is 0. The molecule has 1 amide bonds. The number of hydrogen-bond donors (Lipinski definition) is 0. The number of carbonyl (C=O) groups excluding carboxylic acids is 1. The Balaban J connectivity index is 1.95. The minimum absolute atomic E-state index is 0.150. The Labute approximate surface area is 110 Å². The highest BCUT2D eigenvalue weighted by Crippen LogP contribution is 2.18. The number of carbonyl (C=O) groups is 1. The SMILES string of the molecule is CCOC(=O)N1CCC(Oc2nccnc2C#N)C1. The van der Waals surface area contributed by atoms with Crippen LogP contribution in [0.15, 0.2) is 12.4 Å².